The maximum absolute atomic E-state index is 7.51. The molecule has 0 bridgehead atoms. The van der Waals surface area contributed by atoms with Crippen molar-refractivity contribution in [1.29, 1.82) is 0 Å². The first-order valence-corrected chi connectivity index (χ1v) is 6.64. The van der Waals surface area contributed by atoms with Gasteiger partial charge in [0.25, 0.3) is 0 Å². The normalized spacial score (nSPS) is 10.9. The molecule has 0 spiro atoms. The minimum atomic E-state index is 0.850. The summed E-state index contributed by atoms with van der Waals surface area (Å²) in [7, 11) is 0. The molecule has 4 aromatic rings. The zero-order valence-electron chi connectivity index (χ0n) is 10.9. The minimum Gasteiger partial charge on any atom is -0.0616 e. The number of rotatable bonds is 0. The lowest BCUT2D eigenvalue weighted by atomic mass is 9.95. The van der Waals surface area contributed by atoms with Gasteiger partial charge in [-0.1, -0.05) is 54.5 Å². The van der Waals surface area contributed by atoms with E-state index in [1.54, 1.807) is 0 Å². The van der Waals surface area contributed by atoms with Crippen molar-refractivity contribution in [3.8, 4) is 5.92 Å². The van der Waals surface area contributed by atoms with Crippen LogP contribution in [0.3, 0.4) is 0 Å². The Morgan fingerprint density at radius 2 is 1.35 bits per heavy atom. The van der Waals surface area contributed by atoms with Gasteiger partial charge >= 0.3 is 0 Å². The second kappa shape index (κ2) is 4.11. The highest BCUT2D eigenvalue weighted by Gasteiger charge is 2.05. The molecule has 0 aliphatic heterocycles. The van der Waals surface area contributed by atoms with Crippen LogP contribution < -0.4 is 0 Å². The van der Waals surface area contributed by atoms with Crippen molar-refractivity contribution in [2.24, 2.45) is 0 Å². The molecule has 0 aliphatic carbocycles. The molecule has 20 heavy (non-hydrogen) atoms. The second-order valence-corrected chi connectivity index (χ2v) is 5.01. The first-order valence-electron chi connectivity index (χ1n) is 6.64. The van der Waals surface area contributed by atoms with Crippen LogP contribution in [0.15, 0.2) is 66.7 Å². The van der Waals surface area contributed by atoms with Gasteiger partial charge in [-0.3, -0.25) is 0 Å². The lowest BCUT2D eigenvalue weighted by Crippen LogP contribution is -1.83. The van der Waals surface area contributed by atoms with E-state index in [1.165, 1.54) is 21.5 Å². The van der Waals surface area contributed by atoms with Crippen LogP contribution in [0.1, 0.15) is 5.56 Å². The van der Waals surface area contributed by atoms with Crippen LogP contribution in [0.5, 0.6) is 0 Å². The summed E-state index contributed by atoms with van der Waals surface area (Å²) in [6.45, 7) is 0. The van der Waals surface area contributed by atoms with Gasteiger partial charge in [0.2, 0.25) is 0 Å². The second-order valence-electron chi connectivity index (χ2n) is 5.01. The van der Waals surface area contributed by atoms with Gasteiger partial charge in [-0.05, 0) is 51.6 Å². The molecule has 0 saturated heterocycles. The van der Waals surface area contributed by atoms with E-state index in [-0.39, 0.29) is 0 Å². The van der Waals surface area contributed by atoms with E-state index in [1.807, 2.05) is 12.1 Å². The van der Waals surface area contributed by atoms with Crippen LogP contribution in [-0.4, -0.2) is 0 Å². The number of benzene rings is 4. The van der Waals surface area contributed by atoms with Gasteiger partial charge in [0.1, 0.15) is 0 Å². The van der Waals surface area contributed by atoms with E-state index in [9.17, 15) is 0 Å². The molecule has 0 heteroatoms. The summed E-state index contributed by atoms with van der Waals surface area (Å²) in [4.78, 5) is 0. The standard InChI is InChI=1S/C20H11/c1-2-14-8-5-9-15-10-11-18-12-16-6-3-4-7-17(16)13-19(18)20(14)15/h3-13H. The average molecular weight is 251 g/mol. The summed E-state index contributed by atoms with van der Waals surface area (Å²) in [5.74, 6) is 2.56. The predicted octanol–water partition coefficient (Wildman–Crippen LogP) is 5.08. The lowest BCUT2D eigenvalue weighted by Gasteiger charge is -2.08. The van der Waals surface area contributed by atoms with Crippen molar-refractivity contribution in [2.75, 3.05) is 0 Å². The van der Waals surface area contributed by atoms with Crippen LogP contribution in [0.4, 0.5) is 0 Å². The molecule has 0 fully saturated rings. The molecule has 0 aliphatic rings. The van der Waals surface area contributed by atoms with E-state index >= 15 is 0 Å². The fraction of sp³-hybridized carbons (Fsp3) is 0. The van der Waals surface area contributed by atoms with Crippen LogP contribution >= 0.6 is 0 Å². The van der Waals surface area contributed by atoms with Gasteiger partial charge in [-0.25, -0.2) is 0 Å². The third kappa shape index (κ3) is 1.51. The van der Waals surface area contributed by atoms with Gasteiger partial charge < -0.3 is 0 Å². The van der Waals surface area contributed by atoms with Gasteiger partial charge in [-0.15, -0.1) is 0 Å². The summed E-state index contributed by atoms with van der Waals surface area (Å²) in [5, 5.41) is 7.15. The van der Waals surface area contributed by atoms with Crippen molar-refractivity contribution in [3.63, 3.8) is 0 Å². The van der Waals surface area contributed by atoms with Gasteiger partial charge in [-0.2, -0.15) is 0 Å². The first kappa shape index (κ1) is 11.1. The molecule has 0 saturated carbocycles. The molecule has 0 nitrogen and oxygen atoms in total. The molecule has 4 rings (SSSR count). The Kier molecular flexibility index (Phi) is 2.28. The Morgan fingerprint density at radius 1 is 0.650 bits per heavy atom. The zero-order valence-corrected chi connectivity index (χ0v) is 10.9. The maximum Gasteiger partial charge on any atom is 0.0340 e. The zero-order chi connectivity index (χ0) is 13.5. The quantitative estimate of drug-likeness (QED) is 0.232. The van der Waals surface area contributed by atoms with Crippen molar-refractivity contribution < 1.29 is 0 Å². The van der Waals surface area contributed by atoms with Crippen LogP contribution in [0.2, 0.25) is 0 Å². The summed E-state index contributed by atoms with van der Waals surface area (Å²) < 4.78 is 0. The summed E-state index contributed by atoms with van der Waals surface area (Å²) in [6.07, 6.45) is 7.51. The Balaban J connectivity index is 2.29. The van der Waals surface area contributed by atoms with E-state index in [0.717, 1.165) is 16.3 Å². The van der Waals surface area contributed by atoms with Gasteiger partial charge in [0, 0.05) is 10.9 Å². The molecule has 91 valence electrons. The summed E-state index contributed by atoms with van der Waals surface area (Å²) in [6, 6.07) is 23.1. The van der Waals surface area contributed by atoms with Crippen molar-refractivity contribution in [3.05, 3.63) is 78.7 Å². The minimum absolute atomic E-state index is 0.850. The smallest absolute Gasteiger partial charge is 0.0340 e. The van der Waals surface area contributed by atoms with Gasteiger partial charge in [0.05, 0.1) is 0 Å². The largest absolute Gasteiger partial charge is 0.0616 e. The highest BCUT2D eigenvalue weighted by atomic mass is 14.1. The number of hydrogen-bond donors (Lipinski definition) is 0. The van der Waals surface area contributed by atoms with E-state index < -0.39 is 0 Å². The predicted molar refractivity (Wildman–Crippen MR) is 85.2 cm³/mol. The van der Waals surface area contributed by atoms with Crippen LogP contribution in [0, 0.1) is 12.3 Å². The fourth-order valence-corrected chi connectivity index (χ4v) is 2.91. The molecule has 0 amide bonds. The molecule has 4 aromatic carbocycles. The molecule has 0 N–H and O–H groups in total. The monoisotopic (exact) mass is 251 g/mol. The molecule has 0 aromatic heterocycles. The van der Waals surface area contributed by atoms with Crippen LogP contribution in [-0.2, 0) is 0 Å². The summed E-state index contributed by atoms with van der Waals surface area (Å²) >= 11 is 0. The molecular weight excluding hydrogens is 240 g/mol. The van der Waals surface area contributed by atoms with E-state index in [2.05, 4.69) is 60.5 Å². The fourth-order valence-electron chi connectivity index (χ4n) is 2.91. The third-order valence-electron chi connectivity index (χ3n) is 3.86. The number of hydrogen-bond acceptors (Lipinski definition) is 0. The van der Waals surface area contributed by atoms with Gasteiger partial charge in [0.15, 0.2) is 0 Å². The van der Waals surface area contributed by atoms with E-state index in [0.29, 0.717) is 0 Å². The third-order valence-corrected chi connectivity index (χ3v) is 3.86. The Bertz CT molecular complexity index is 1000. The summed E-state index contributed by atoms with van der Waals surface area (Å²) in [5.41, 5.74) is 0.850. The van der Waals surface area contributed by atoms with Crippen molar-refractivity contribution in [1.82, 2.24) is 0 Å². The van der Waals surface area contributed by atoms with Crippen molar-refractivity contribution in [2.45, 2.75) is 0 Å². The molecular formula is C20H11. The lowest BCUT2D eigenvalue weighted by molar-refractivity contribution is 1.73. The Labute approximate surface area is 117 Å². The number of fused-ring (bicyclic) bond motifs is 4. The highest BCUT2D eigenvalue weighted by Crippen LogP contribution is 2.31. The highest BCUT2D eigenvalue weighted by molar-refractivity contribution is 6.14. The van der Waals surface area contributed by atoms with Crippen molar-refractivity contribution >= 4 is 32.3 Å². The van der Waals surface area contributed by atoms with E-state index in [4.69, 9.17) is 6.42 Å². The first-order chi connectivity index (χ1) is 9.86. The molecule has 0 heterocycles. The van der Waals surface area contributed by atoms with Crippen LogP contribution in [0.25, 0.3) is 32.3 Å². The molecule has 0 unspecified atom stereocenters. The molecule has 1 radical (unpaired) electrons. The molecule has 0 atom stereocenters. The topological polar surface area (TPSA) is 0 Å². The average Bonchev–Trinajstić information content (AvgIpc) is 2.52. The maximum atomic E-state index is 7.51. The Morgan fingerprint density at radius 3 is 2.15 bits per heavy atom. The SMILES string of the molecule is [C]#Cc1cccc2ccc3cc4ccccc4cc3c12. The Hall–Kier alpha value is -2.78.